The van der Waals surface area contributed by atoms with Crippen molar-refractivity contribution in [2.24, 2.45) is 5.92 Å². The number of carbonyl (C=O) groups is 2. The molecule has 5 aromatic rings. The molecule has 0 radical (unpaired) electrons. The van der Waals surface area contributed by atoms with Crippen LogP contribution in [0.1, 0.15) is 28.8 Å². The number of rotatable bonds is 5. The molecular formula is C29H28N8O3. The third-order valence-electron chi connectivity index (χ3n) is 7.32. The number of amides is 2. The molecule has 3 aromatic heterocycles. The van der Waals surface area contributed by atoms with E-state index in [1.165, 1.54) is 10.9 Å². The summed E-state index contributed by atoms with van der Waals surface area (Å²) < 4.78 is 3.03. The molecule has 40 heavy (non-hydrogen) atoms. The fraction of sp³-hybridized carbons (Fsp3) is 0.241. The van der Waals surface area contributed by atoms with Crippen LogP contribution in [0.3, 0.4) is 0 Å². The Morgan fingerprint density at radius 2 is 1.82 bits per heavy atom. The van der Waals surface area contributed by atoms with Crippen molar-refractivity contribution < 1.29 is 9.59 Å². The van der Waals surface area contributed by atoms with Gasteiger partial charge in [-0.3, -0.25) is 19.4 Å². The average Bonchev–Trinajstić information content (AvgIpc) is 3.62. The Morgan fingerprint density at radius 3 is 2.62 bits per heavy atom. The van der Waals surface area contributed by atoms with Crippen LogP contribution in [0.25, 0.3) is 22.7 Å². The van der Waals surface area contributed by atoms with E-state index in [-0.39, 0.29) is 36.3 Å². The van der Waals surface area contributed by atoms with E-state index in [0.717, 1.165) is 28.1 Å². The second-order valence-corrected chi connectivity index (χ2v) is 10.2. The first-order valence-corrected chi connectivity index (χ1v) is 13.0. The molecule has 4 heterocycles. The maximum atomic E-state index is 13.3. The fourth-order valence-electron chi connectivity index (χ4n) is 5.06. The van der Waals surface area contributed by atoms with Crippen molar-refractivity contribution in [2.75, 3.05) is 16.8 Å². The molecular weight excluding hydrogens is 508 g/mol. The lowest BCUT2D eigenvalue weighted by atomic mass is 10.1. The van der Waals surface area contributed by atoms with Gasteiger partial charge in [-0.1, -0.05) is 24.3 Å². The van der Waals surface area contributed by atoms with Crippen LogP contribution in [-0.2, 0) is 9.59 Å². The van der Waals surface area contributed by atoms with E-state index in [2.05, 4.69) is 20.5 Å². The van der Waals surface area contributed by atoms with Crippen LogP contribution in [-0.4, -0.2) is 47.9 Å². The van der Waals surface area contributed by atoms with E-state index < -0.39 is 5.92 Å². The number of hydrogen-bond acceptors (Lipinski definition) is 6. The number of aromatic nitrogens is 6. The van der Waals surface area contributed by atoms with Crippen molar-refractivity contribution in [3.8, 4) is 11.6 Å². The zero-order valence-electron chi connectivity index (χ0n) is 22.6. The smallest absolute Gasteiger partial charge is 0.263 e. The highest BCUT2D eigenvalue weighted by Crippen LogP contribution is 2.27. The van der Waals surface area contributed by atoms with Crippen LogP contribution < -0.4 is 15.8 Å². The molecule has 6 rings (SSSR count). The van der Waals surface area contributed by atoms with E-state index >= 15 is 0 Å². The fourth-order valence-corrected chi connectivity index (χ4v) is 5.06. The van der Waals surface area contributed by atoms with Gasteiger partial charge in [-0.25, -0.2) is 4.68 Å². The van der Waals surface area contributed by atoms with Crippen molar-refractivity contribution in [3.05, 3.63) is 87.5 Å². The van der Waals surface area contributed by atoms with Gasteiger partial charge in [0.2, 0.25) is 17.8 Å². The molecule has 11 nitrogen and oxygen atoms in total. The Morgan fingerprint density at radius 1 is 1.02 bits per heavy atom. The van der Waals surface area contributed by atoms with Crippen LogP contribution in [0, 0.1) is 33.6 Å². The molecule has 1 aliphatic rings. The number of hydrogen-bond donors (Lipinski definition) is 2. The van der Waals surface area contributed by atoms with Gasteiger partial charge in [0.15, 0.2) is 5.65 Å². The van der Waals surface area contributed by atoms with E-state index in [1.54, 1.807) is 22.6 Å². The largest absolute Gasteiger partial charge is 0.312 e. The van der Waals surface area contributed by atoms with E-state index in [9.17, 15) is 14.4 Å². The number of benzene rings is 2. The minimum atomic E-state index is -0.545. The van der Waals surface area contributed by atoms with Gasteiger partial charge in [0, 0.05) is 24.7 Å². The second kappa shape index (κ2) is 9.60. The maximum Gasteiger partial charge on any atom is 0.263 e. The minimum Gasteiger partial charge on any atom is -0.312 e. The Balaban J connectivity index is 1.32. The first kappa shape index (κ1) is 25.2. The summed E-state index contributed by atoms with van der Waals surface area (Å²) in [5, 5.41) is 12.1. The van der Waals surface area contributed by atoms with Gasteiger partial charge in [0.05, 0.1) is 23.5 Å². The number of fused-ring (bicyclic) bond motifs is 1. The van der Waals surface area contributed by atoms with Crippen LogP contribution in [0.4, 0.5) is 11.5 Å². The zero-order valence-corrected chi connectivity index (χ0v) is 22.6. The van der Waals surface area contributed by atoms with Crippen LogP contribution >= 0.6 is 0 Å². The molecule has 202 valence electrons. The predicted octanol–water partition coefficient (Wildman–Crippen LogP) is 3.52. The number of aryl methyl sites for hydroxylation is 3. The van der Waals surface area contributed by atoms with Gasteiger partial charge < -0.3 is 10.2 Å². The molecule has 2 N–H and O–H groups in total. The second-order valence-electron chi connectivity index (χ2n) is 10.2. The monoisotopic (exact) mass is 536 g/mol. The molecule has 0 saturated carbocycles. The third-order valence-corrected chi connectivity index (χ3v) is 7.32. The summed E-state index contributed by atoms with van der Waals surface area (Å²) in [7, 11) is 0. The molecule has 0 aliphatic carbocycles. The number of nitrogens with zero attached hydrogens (tertiary/aromatic N) is 6. The van der Waals surface area contributed by atoms with Crippen LogP contribution in [0.2, 0.25) is 0 Å². The van der Waals surface area contributed by atoms with Gasteiger partial charge in [0.25, 0.3) is 5.56 Å². The lowest BCUT2D eigenvalue weighted by Gasteiger charge is -2.17. The molecule has 1 unspecified atom stereocenters. The Labute approximate surface area is 229 Å². The lowest BCUT2D eigenvalue weighted by Crippen LogP contribution is -2.29. The number of nitrogens with one attached hydrogen (secondary N) is 2. The van der Waals surface area contributed by atoms with Crippen molar-refractivity contribution >= 4 is 34.4 Å². The first-order valence-electron chi connectivity index (χ1n) is 13.0. The average molecular weight is 537 g/mol. The topological polar surface area (TPSA) is 131 Å². The summed E-state index contributed by atoms with van der Waals surface area (Å²) in [5.41, 5.74) is 5.34. The number of H-pyrrole nitrogens is 1. The summed E-state index contributed by atoms with van der Waals surface area (Å²) in [5.74, 6) is -0.488. The molecule has 1 atom stereocenters. The van der Waals surface area contributed by atoms with Gasteiger partial charge >= 0.3 is 0 Å². The van der Waals surface area contributed by atoms with Gasteiger partial charge in [-0.2, -0.15) is 19.9 Å². The minimum absolute atomic E-state index is 0.100. The summed E-state index contributed by atoms with van der Waals surface area (Å²) in [6.45, 7) is 8.02. The van der Waals surface area contributed by atoms with E-state index in [4.69, 9.17) is 4.98 Å². The van der Waals surface area contributed by atoms with Crippen LogP contribution in [0.15, 0.2) is 59.5 Å². The van der Waals surface area contributed by atoms with E-state index in [0.29, 0.717) is 22.5 Å². The van der Waals surface area contributed by atoms with Crippen molar-refractivity contribution in [1.82, 2.24) is 29.5 Å². The van der Waals surface area contributed by atoms with Gasteiger partial charge in [-0.05, 0) is 62.6 Å². The van der Waals surface area contributed by atoms with Gasteiger partial charge in [-0.15, -0.1) is 0 Å². The number of aromatic amines is 1. The highest BCUT2D eigenvalue weighted by molar-refractivity contribution is 6.03. The molecule has 2 amide bonds. The summed E-state index contributed by atoms with van der Waals surface area (Å²) in [6.07, 6.45) is 1.59. The molecule has 1 saturated heterocycles. The molecule has 2 aromatic carbocycles. The molecule has 0 bridgehead atoms. The summed E-state index contributed by atoms with van der Waals surface area (Å²) in [6, 6.07) is 15.2. The maximum absolute atomic E-state index is 13.3. The Kier molecular flexibility index (Phi) is 6.05. The third kappa shape index (κ3) is 4.35. The quantitative estimate of drug-likeness (QED) is 0.353. The van der Waals surface area contributed by atoms with Crippen molar-refractivity contribution in [1.29, 1.82) is 0 Å². The molecule has 11 heteroatoms. The zero-order chi connectivity index (χ0) is 28.1. The van der Waals surface area contributed by atoms with Gasteiger partial charge in [0.1, 0.15) is 11.2 Å². The Bertz CT molecular complexity index is 1860. The summed E-state index contributed by atoms with van der Waals surface area (Å²) >= 11 is 0. The molecule has 1 aliphatic heterocycles. The first-order chi connectivity index (χ1) is 19.2. The number of carbonyl (C=O) groups excluding carboxylic acids is 2. The summed E-state index contributed by atoms with van der Waals surface area (Å²) in [4.78, 5) is 48.2. The Hall–Kier alpha value is -5.06. The predicted molar refractivity (Wildman–Crippen MR) is 151 cm³/mol. The highest BCUT2D eigenvalue weighted by Gasteiger charge is 2.35. The normalized spacial score (nSPS) is 15.2. The SMILES string of the molecule is Cc1cccc(N2CC(C(=O)Nc3cc(C)nn3-c3nc4c(cnn4-c4cccc(C)c4C)c(=O)[nH]3)CC2=O)c1. The molecule has 0 spiro atoms. The van der Waals surface area contributed by atoms with Crippen molar-refractivity contribution in [3.63, 3.8) is 0 Å². The molecule has 1 fully saturated rings. The van der Waals surface area contributed by atoms with Crippen LogP contribution in [0.5, 0.6) is 0 Å². The highest BCUT2D eigenvalue weighted by atomic mass is 16.2. The standard InChI is InChI=1S/C29H28N8O3/c1-16-7-5-9-21(11-16)35-15-20(13-25(35)38)27(39)31-24-12-18(3)34-37(24)29-32-26-22(28(40)33-29)14-30-36(26)23-10-6-8-17(2)19(23)4/h5-12,14,20H,13,15H2,1-4H3,(H,31,39)(H,32,33,40). The number of anilines is 2. The van der Waals surface area contributed by atoms with Crippen molar-refractivity contribution in [2.45, 2.75) is 34.1 Å². The lowest BCUT2D eigenvalue weighted by molar-refractivity contribution is -0.122. The van der Waals surface area contributed by atoms with E-state index in [1.807, 2.05) is 63.2 Å².